The Morgan fingerprint density at radius 1 is 1.05 bits per heavy atom. The van der Waals surface area contributed by atoms with E-state index in [-0.39, 0.29) is 28.8 Å². The molecule has 0 saturated carbocycles. The van der Waals surface area contributed by atoms with Crippen molar-refractivity contribution in [3.63, 3.8) is 0 Å². The molecule has 3 aromatic rings. The van der Waals surface area contributed by atoms with Gasteiger partial charge in [0.15, 0.2) is 0 Å². The van der Waals surface area contributed by atoms with Gasteiger partial charge in [0.1, 0.15) is 11.6 Å². The third kappa shape index (κ3) is 7.21. The van der Waals surface area contributed by atoms with E-state index in [9.17, 15) is 9.59 Å². The summed E-state index contributed by atoms with van der Waals surface area (Å²) in [6.45, 7) is 16.0. The zero-order chi connectivity index (χ0) is 27.2. The molecule has 2 aromatic carbocycles. The first-order valence-electron chi connectivity index (χ1n) is 13.6. The summed E-state index contributed by atoms with van der Waals surface area (Å²) in [7, 11) is 0. The van der Waals surface area contributed by atoms with Crippen LogP contribution in [0.2, 0.25) is 0 Å². The minimum absolute atomic E-state index is 0.110. The standard InChI is InChI=1S/C31H43N3O3/c1-8-10-19-33(28(35)20-22(3)21-31(5,6)7)23(4)29-32-27-14-12-11-13-26(27)30(36)34(29)24-15-17-25(18-16-24)37-9-2/h11-18,22-23H,8-10,19-21H2,1-7H3. The number of benzene rings is 2. The molecule has 2 atom stereocenters. The maximum absolute atomic E-state index is 13.8. The first-order chi connectivity index (χ1) is 17.6. The number of rotatable bonds is 11. The molecule has 1 aromatic heterocycles. The lowest BCUT2D eigenvalue weighted by atomic mass is 9.84. The molecule has 0 aliphatic rings. The molecule has 0 aliphatic carbocycles. The maximum atomic E-state index is 13.8. The van der Waals surface area contributed by atoms with Gasteiger partial charge in [-0.1, -0.05) is 53.2 Å². The Morgan fingerprint density at radius 3 is 2.35 bits per heavy atom. The van der Waals surface area contributed by atoms with Crippen LogP contribution in [-0.4, -0.2) is 33.5 Å². The van der Waals surface area contributed by atoms with Crippen LogP contribution in [0.25, 0.3) is 16.6 Å². The van der Waals surface area contributed by atoms with Gasteiger partial charge in [-0.3, -0.25) is 14.2 Å². The Bertz CT molecular complexity index is 1240. The first-order valence-corrected chi connectivity index (χ1v) is 13.6. The first kappa shape index (κ1) is 28.4. The number of fused-ring (bicyclic) bond motifs is 1. The summed E-state index contributed by atoms with van der Waals surface area (Å²) in [6, 6.07) is 14.5. The van der Waals surface area contributed by atoms with E-state index in [0.717, 1.165) is 25.0 Å². The Balaban J connectivity index is 2.09. The fraction of sp³-hybridized carbons (Fsp3) is 0.516. The zero-order valence-electron chi connectivity index (χ0n) is 23.6. The van der Waals surface area contributed by atoms with Crippen LogP contribution in [0.3, 0.4) is 0 Å². The van der Waals surface area contributed by atoms with Crippen molar-refractivity contribution < 1.29 is 9.53 Å². The lowest BCUT2D eigenvalue weighted by molar-refractivity contribution is -0.134. The summed E-state index contributed by atoms with van der Waals surface area (Å²) in [6.07, 6.45) is 3.32. The predicted octanol–water partition coefficient (Wildman–Crippen LogP) is 6.94. The predicted molar refractivity (Wildman–Crippen MR) is 151 cm³/mol. The molecule has 6 heteroatoms. The molecule has 0 N–H and O–H groups in total. The van der Waals surface area contributed by atoms with Crippen LogP contribution in [-0.2, 0) is 4.79 Å². The second kappa shape index (κ2) is 12.4. The number of para-hydroxylation sites is 1. The van der Waals surface area contributed by atoms with E-state index < -0.39 is 0 Å². The summed E-state index contributed by atoms with van der Waals surface area (Å²) >= 11 is 0. The lowest BCUT2D eigenvalue weighted by Crippen LogP contribution is -2.38. The molecule has 0 bridgehead atoms. The van der Waals surface area contributed by atoms with Crippen LogP contribution in [0, 0.1) is 11.3 Å². The highest BCUT2D eigenvalue weighted by Crippen LogP contribution is 2.29. The second-order valence-electron chi connectivity index (χ2n) is 11.2. The average molecular weight is 506 g/mol. The highest BCUT2D eigenvalue weighted by atomic mass is 16.5. The average Bonchev–Trinajstić information content (AvgIpc) is 2.83. The van der Waals surface area contributed by atoms with Crippen molar-refractivity contribution in [3.05, 3.63) is 64.7 Å². The smallest absolute Gasteiger partial charge is 0.266 e. The van der Waals surface area contributed by atoms with Gasteiger partial charge in [0.25, 0.3) is 5.56 Å². The largest absolute Gasteiger partial charge is 0.494 e. The van der Waals surface area contributed by atoms with Gasteiger partial charge in [0.2, 0.25) is 5.91 Å². The van der Waals surface area contributed by atoms with E-state index in [1.807, 2.05) is 61.2 Å². The van der Waals surface area contributed by atoms with Crippen LogP contribution in [0.15, 0.2) is 53.3 Å². The number of carbonyl (C=O) groups is 1. The number of nitrogens with zero attached hydrogens (tertiary/aromatic N) is 3. The molecular weight excluding hydrogens is 462 g/mol. The van der Waals surface area contributed by atoms with Gasteiger partial charge in [0, 0.05) is 13.0 Å². The lowest BCUT2D eigenvalue weighted by Gasteiger charge is -2.32. The molecule has 0 radical (unpaired) electrons. The van der Waals surface area contributed by atoms with Crippen LogP contribution in [0.4, 0.5) is 0 Å². The third-order valence-electron chi connectivity index (χ3n) is 6.61. The molecular formula is C31H43N3O3. The number of hydrogen-bond donors (Lipinski definition) is 0. The van der Waals surface area contributed by atoms with E-state index in [1.54, 1.807) is 10.6 Å². The number of aromatic nitrogens is 2. The fourth-order valence-corrected chi connectivity index (χ4v) is 5.07. The SMILES string of the molecule is CCCCN(C(=O)CC(C)CC(C)(C)C)C(C)c1nc2ccccc2c(=O)n1-c1ccc(OCC)cc1. The van der Waals surface area contributed by atoms with Gasteiger partial charge in [0.05, 0.1) is 29.2 Å². The second-order valence-corrected chi connectivity index (χ2v) is 11.2. The van der Waals surface area contributed by atoms with Crippen LogP contribution in [0.5, 0.6) is 5.75 Å². The van der Waals surface area contributed by atoms with Crippen molar-refractivity contribution in [1.29, 1.82) is 0 Å². The van der Waals surface area contributed by atoms with Gasteiger partial charge in [-0.05, 0) is 74.4 Å². The van der Waals surface area contributed by atoms with Crippen molar-refractivity contribution in [1.82, 2.24) is 14.5 Å². The Kier molecular flexibility index (Phi) is 9.52. The minimum Gasteiger partial charge on any atom is -0.494 e. The van der Waals surface area contributed by atoms with Crippen LogP contribution < -0.4 is 10.3 Å². The summed E-state index contributed by atoms with van der Waals surface area (Å²) in [5.74, 6) is 1.69. The highest BCUT2D eigenvalue weighted by Gasteiger charge is 2.28. The molecule has 1 amide bonds. The molecule has 3 rings (SSSR count). The molecule has 0 saturated heterocycles. The summed E-state index contributed by atoms with van der Waals surface area (Å²) in [4.78, 5) is 34.3. The normalized spacial score (nSPS) is 13.4. The molecule has 6 nitrogen and oxygen atoms in total. The monoisotopic (exact) mass is 505 g/mol. The molecule has 0 spiro atoms. The van der Waals surface area contributed by atoms with Crippen molar-refractivity contribution in [2.75, 3.05) is 13.2 Å². The Hall–Kier alpha value is -3.15. The third-order valence-corrected chi connectivity index (χ3v) is 6.61. The molecule has 2 unspecified atom stereocenters. The van der Waals surface area contributed by atoms with Gasteiger partial charge < -0.3 is 9.64 Å². The Labute approximate surface area is 221 Å². The molecule has 200 valence electrons. The number of unbranched alkanes of at least 4 members (excludes halogenated alkanes) is 1. The van der Waals surface area contributed by atoms with E-state index in [4.69, 9.17) is 9.72 Å². The van der Waals surface area contributed by atoms with Gasteiger partial charge in [-0.25, -0.2) is 4.98 Å². The quantitative estimate of drug-likeness (QED) is 0.283. The van der Waals surface area contributed by atoms with Crippen molar-refractivity contribution in [3.8, 4) is 11.4 Å². The highest BCUT2D eigenvalue weighted by molar-refractivity contribution is 5.79. The molecule has 0 aliphatic heterocycles. The fourth-order valence-electron chi connectivity index (χ4n) is 5.07. The topological polar surface area (TPSA) is 64.4 Å². The van der Waals surface area contributed by atoms with Crippen LogP contribution in [0.1, 0.15) is 86.0 Å². The summed E-state index contributed by atoms with van der Waals surface area (Å²) in [5.41, 5.74) is 1.37. The Morgan fingerprint density at radius 2 is 1.73 bits per heavy atom. The van der Waals surface area contributed by atoms with Gasteiger partial charge in [-0.15, -0.1) is 0 Å². The molecule has 0 fully saturated rings. The number of hydrogen-bond acceptors (Lipinski definition) is 4. The summed E-state index contributed by atoms with van der Waals surface area (Å²) in [5, 5.41) is 0.553. The van der Waals surface area contributed by atoms with Gasteiger partial charge in [-0.2, -0.15) is 0 Å². The minimum atomic E-state index is -0.371. The number of ether oxygens (including phenoxy) is 1. The van der Waals surface area contributed by atoms with E-state index in [2.05, 4.69) is 34.6 Å². The summed E-state index contributed by atoms with van der Waals surface area (Å²) < 4.78 is 7.26. The number of carbonyl (C=O) groups excluding carboxylic acids is 1. The molecule has 1 heterocycles. The van der Waals surface area contributed by atoms with E-state index in [0.29, 0.717) is 42.0 Å². The van der Waals surface area contributed by atoms with Crippen molar-refractivity contribution in [2.45, 2.75) is 80.2 Å². The van der Waals surface area contributed by atoms with Crippen molar-refractivity contribution >= 4 is 16.8 Å². The van der Waals surface area contributed by atoms with Crippen molar-refractivity contribution in [2.24, 2.45) is 11.3 Å². The van der Waals surface area contributed by atoms with Gasteiger partial charge >= 0.3 is 0 Å². The zero-order valence-corrected chi connectivity index (χ0v) is 23.6. The molecule has 37 heavy (non-hydrogen) atoms. The maximum Gasteiger partial charge on any atom is 0.266 e. The van der Waals surface area contributed by atoms with E-state index in [1.165, 1.54) is 0 Å². The van der Waals surface area contributed by atoms with Crippen LogP contribution >= 0.6 is 0 Å². The van der Waals surface area contributed by atoms with E-state index >= 15 is 0 Å². The number of amides is 1.